The Hall–Kier alpha value is -0.517. The van der Waals surface area contributed by atoms with Crippen molar-refractivity contribution in [3.8, 4) is 0 Å². The maximum absolute atomic E-state index is 10.2. The summed E-state index contributed by atoms with van der Waals surface area (Å²) in [5.74, 6) is -1.83. The van der Waals surface area contributed by atoms with Gasteiger partial charge in [-0.3, -0.25) is 0 Å². The second kappa shape index (κ2) is 39.5. The van der Waals surface area contributed by atoms with Gasteiger partial charge in [0.25, 0.3) is 0 Å². The average Bonchev–Trinajstić information content (AvgIpc) is 2.92. The number of unbranched alkanes of at least 4 members (excludes halogenated alkanes) is 24. The van der Waals surface area contributed by atoms with E-state index >= 15 is 0 Å². The first kappa shape index (κ1) is 46.9. The fraction of sp³-hybridized carbons (Fsp3) is 0.944. The van der Waals surface area contributed by atoms with Gasteiger partial charge in [-0.05, 0) is 52.4 Å². The molecule has 0 heterocycles. The minimum absolute atomic E-state index is 0. The van der Waals surface area contributed by atoms with E-state index in [1.165, 1.54) is 116 Å². The maximum atomic E-state index is 10.2. The normalized spacial score (nSPS) is 12.2. The van der Waals surface area contributed by atoms with E-state index < -0.39 is 11.9 Å². The summed E-state index contributed by atoms with van der Waals surface area (Å²) in [6.07, 6.45) is 33.9. The molecule has 7 heteroatoms. The Bertz CT molecular complexity index is 508. The van der Waals surface area contributed by atoms with Crippen LogP contribution in [0.4, 0.5) is 0 Å². The van der Waals surface area contributed by atoms with Crippen LogP contribution in [-0.2, 0) is 29.1 Å². The summed E-state index contributed by atoms with van der Waals surface area (Å²) in [5.41, 5.74) is 0. The van der Waals surface area contributed by atoms with Gasteiger partial charge >= 0.3 is 19.5 Å². The number of carboxylic acids is 2. The van der Waals surface area contributed by atoms with E-state index in [0.717, 1.165) is 64.2 Å². The van der Waals surface area contributed by atoms with Crippen molar-refractivity contribution >= 4 is 11.9 Å². The first-order chi connectivity index (χ1) is 20.3. The van der Waals surface area contributed by atoms with Crippen LogP contribution in [-0.4, -0.2) is 34.4 Å². The van der Waals surface area contributed by atoms with Crippen LogP contribution in [0.5, 0.6) is 0 Å². The van der Waals surface area contributed by atoms with Crippen LogP contribution in [0.2, 0.25) is 0 Å². The summed E-state index contributed by atoms with van der Waals surface area (Å²) < 4.78 is 0. The van der Waals surface area contributed by atoms with Crippen LogP contribution in [0.3, 0.4) is 0 Å². The van der Waals surface area contributed by atoms with Crippen LogP contribution in [0.15, 0.2) is 0 Å². The fourth-order valence-electron chi connectivity index (χ4n) is 5.31. The first-order valence-corrected chi connectivity index (χ1v) is 18.0. The topological polar surface area (TPSA) is 121 Å². The van der Waals surface area contributed by atoms with Gasteiger partial charge < -0.3 is 30.0 Å². The molecular formula is C36H70O6Zn. The largest absolute Gasteiger partial charge is 2.00 e. The summed E-state index contributed by atoms with van der Waals surface area (Å²) in [6, 6.07) is 0. The van der Waals surface area contributed by atoms with Crippen LogP contribution < -0.4 is 10.2 Å². The minimum atomic E-state index is -0.916. The van der Waals surface area contributed by atoms with E-state index in [1.54, 1.807) is 0 Å². The Labute approximate surface area is 279 Å². The molecule has 2 N–H and O–H groups in total. The predicted octanol–water partition coefficient (Wildman–Crippen LogP) is 7.93. The minimum Gasteiger partial charge on any atom is -0.550 e. The maximum Gasteiger partial charge on any atom is 2.00 e. The molecular weight excluding hydrogens is 594 g/mol. The van der Waals surface area contributed by atoms with Gasteiger partial charge in [0, 0.05) is 11.9 Å². The Kier molecular flexibility index (Phi) is 43.1. The fourth-order valence-corrected chi connectivity index (χ4v) is 5.31. The number of aliphatic carboxylic acids is 2. The van der Waals surface area contributed by atoms with Gasteiger partial charge in [0.05, 0.1) is 12.2 Å². The van der Waals surface area contributed by atoms with Crippen LogP contribution in [0, 0.1) is 0 Å². The quantitative estimate of drug-likeness (QED) is 0.0557. The number of carbonyl (C=O) groups is 2. The molecule has 0 rings (SSSR count). The molecule has 0 aromatic rings. The standard InChI is InChI=1S/2C18H36O3.Zn/c2*1-17(19)15-13-11-9-7-5-3-2-4-6-8-10-12-14-16-18(20)21;/h2*17,19H,2-16H2,1H3,(H,20,21);/q;;+2/p-2. The van der Waals surface area contributed by atoms with Gasteiger partial charge in [-0.15, -0.1) is 0 Å². The van der Waals surface area contributed by atoms with Crippen molar-refractivity contribution in [1.82, 2.24) is 0 Å². The van der Waals surface area contributed by atoms with Crippen molar-refractivity contribution in [2.75, 3.05) is 0 Å². The smallest absolute Gasteiger partial charge is 0.550 e. The van der Waals surface area contributed by atoms with Crippen molar-refractivity contribution in [2.45, 2.75) is 219 Å². The molecule has 6 nitrogen and oxygen atoms in total. The Balaban J connectivity index is -0.000000727. The molecule has 0 aliphatic heterocycles. The van der Waals surface area contributed by atoms with Gasteiger partial charge in [-0.1, -0.05) is 154 Å². The molecule has 0 saturated heterocycles. The molecule has 0 saturated carbocycles. The molecule has 0 aliphatic carbocycles. The van der Waals surface area contributed by atoms with Gasteiger partial charge in [0.2, 0.25) is 0 Å². The van der Waals surface area contributed by atoms with E-state index in [0.29, 0.717) is 0 Å². The molecule has 0 amide bonds. The number of carbonyl (C=O) groups excluding carboxylic acids is 2. The number of carboxylic acid groups (broad SMARTS) is 2. The van der Waals surface area contributed by atoms with Crippen molar-refractivity contribution in [1.29, 1.82) is 0 Å². The predicted molar refractivity (Wildman–Crippen MR) is 172 cm³/mol. The molecule has 0 aromatic heterocycles. The molecule has 0 fully saturated rings. The number of aliphatic hydroxyl groups is 2. The van der Waals surface area contributed by atoms with Crippen LogP contribution in [0.1, 0.15) is 206 Å². The molecule has 0 spiro atoms. The number of rotatable bonds is 32. The van der Waals surface area contributed by atoms with E-state index in [-0.39, 0.29) is 44.5 Å². The van der Waals surface area contributed by atoms with E-state index in [9.17, 15) is 19.8 Å². The molecule has 2 atom stereocenters. The zero-order valence-corrected chi connectivity index (χ0v) is 31.6. The number of hydrogen-bond donors (Lipinski definition) is 2. The first-order valence-electron chi connectivity index (χ1n) is 18.0. The molecule has 0 aliphatic rings. The second-order valence-electron chi connectivity index (χ2n) is 12.7. The average molecular weight is 664 g/mol. The monoisotopic (exact) mass is 662 g/mol. The van der Waals surface area contributed by atoms with Gasteiger partial charge in [0.15, 0.2) is 0 Å². The zero-order chi connectivity index (χ0) is 31.5. The molecule has 43 heavy (non-hydrogen) atoms. The van der Waals surface area contributed by atoms with Crippen molar-refractivity contribution in [3.63, 3.8) is 0 Å². The second-order valence-corrected chi connectivity index (χ2v) is 12.7. The van der Waals surface area contributed by atoms with Crippen molar-refractivity contribution < 1.29 is 49.5 Å². The third-order valence-electron chi connectivity index (χ3n) is 8.01. The summed E-state index contributed by atoms with van der Waals surface area (Å²) >= 11 is 0. The van der Waals surface area contributed by atoms with Crippen LogP contribution >= 0.6 is 0 Å². The van der Waals surface area contributed by atoms with E-state index in [1.807, 2.05) is 13.8 Å². The summed E-state index contributed by atoms with van der Waals surface area (Å²) in [6.45, 7) is 3.73. The third-order valence-corrected chi connectivity index (χ3v) is 8.01. The molecule has 0 bridgehead atoms. The number of hydrogen-bond acceptors (Lipinski definition) is 6. The Morgan fingerprint density at radius 3 is 0.721 bits per heavy atom. The molecule has 2 unspecified atom stereocenters. The van der Waals surface area contributed by atoms with Gasteiger partial charge in [-0.2, -0.15) is 0 Å². The summed E-state index contributed by atoms with van der Waals surface area (Å²) in [5, 5.41) is 38.7. The van der Waals surface area contributed by atoms with Crippen molar-refractivity contribution in [3.05, 3.63) is 0 Å². The molecule has 0 aromatic carbocycles. The molecule has 0 radical (unpaired) electrons. The third kappa shape index (κ3) is 51.4. The van der Waals surface area contributed by atoms with Crippen LogP contribution in [0.25, 0.3) is 0 Å². The SMILES string of the molecule is CC(O)CCCCCCCCCCCCCCCC(=O)[O-].CC(O)CCCCCCCCCCCCCCCC(=O)[O-].[Zn+2]. The van der Waals surface area contributed by atoms with Crippen molar-refractivity contribution in [2.24, 2.45) is 0 Å². The Morgan fingerprint density at radius 1 is 0.395 bits per heavy atom. The number of aliphatic hydroxyl groups excluding tert-OH is 2. The Morgan fingerprint density at radius 2 is 0.558 bits per heavy atom. The summed E-state index contributed by atoms with van der Waals surface area (Å²) in [4.78, 5) is 20.5. The van der Waals surface area contributed by atoms with E-state index in [4.69, 9.17) is 10.2 Å². The molecule has 252 valence electrons. The summed E-state index contributed by atoms with van der Waals surface area (Å²) in [7, 11) is 0. The van der Waals surface area contributed by atoms with Gasteiger partial charge in [0.1, 0.15) is 0 Å². The van der Waals surface area contributed by atoms with E-state index in [2.05, 4.69) is 0 Å². The zero-order valence-electron chi connectivity index (χ0n) is 28.6. The van der Waals surface area contributed by atoms with Gasteiger partial charge in [-0.25, -0.2) is 0 Å².